The fraction of sp³-hybridized carbons (Fsp3) is 0.263. The van der Waals surface area contributed by atoms with Crippen LogP contribution in [0.15, 0.2) is 42.5 Å². The van der Waals surface area contributed by atoms with Crippen molar-refractivity contribution in [3.05, 3.63) is 64.7 Å². The van der Waals surface area contributed by atoms with Crippen LogP contribution in [0.1, 0.15) is 19.4 Å². The van der Waals surface area contributed by atoms with Crippen molar-refractivity contribution < 1.29 is 18.4 Å². The standard InChI is InChI=1S/C19H19ClF2N2O2/c1-19(2,18(26)24-14-6-7-15(21)16(22)11-14)17(25)23-9-8-12-4-3-5-13(20)10-12/h3-7,10-11H,8-9H2,1-2H3,(H,23,25)(H,24,26). The van der Waals surface area contributed by atoms with Crippen LogP contribution in [0.25, 0.3) is 0 Å². The third-order valence-electron chi connectivity index (χ3n) is 3.90. The first kappa shape index (κ1) is 19.8. The number of hydrogen-bond donors (Lipinski definition) is 2. The molecule has 2 aromatic carbocycles. The van der Waals surface area contributed by atoms with Crippen molar-refractivity contribution >= 4 is 29.1 Å². The van der Waals surface area contributed by atoms with Crippen LogP contribution in [-0.2, 0) is 16.0 Å². The number of carbonyl (C=O) groups excluding carboxylic acids is 2. The van der Waals surface area contributed by atoms with Gasteiger partial charge in [0, 0.05) is 23.3 Å². The van der Waals surface area contributed by atoms with Crippen molar-refractivity contribution in [2.75, 3.05) is 11.9 Å². The third-order valence-corrected chi connectivity index (χ3v) is 4.14. The molecule has 0 aliphatic heterocycles. The average Bonchev–Trinajstić information content (AvgIpc) is 2.58. The Morgan fingerprint density at radius 2 is 1.77 bits per heavy atom. The number of benzene rings is 2. The molecule has 0 radical (unpaired) electrons. The van der Waals surface area contributed by atoms with Gasteiger partial charge in [0.25, 0.3) is 0 Å². The zero-order chi connectivity index (χ0) is 19.3. The molecular formula is C19H19ClF2N2O2. The van der Waals surface area contributed by atoms with Gasteiger partial charge in [-0.1, -0.05) is 23.7 Å². The molecule has 7 heteroatoms. The number of hydrogen-bond acceptors (Lipinski definition) is 2. The Balaban J connectivity index is 1.93. The van der Waals surface area contributed by atoms with Gasteiger partial charge in [-0.25, -0.2) is 8.78 Å². The Hall–Kier alpha value is -2.47. The highest BCUT2D eigenvalue weighted by Crippen LogP contribution is 2.20. The summed E-state index contributed by atoms with van der Waals surface area (Å²) in [6.45, 7) is 3.24. The molecule has 0 bridgehead atoms. The number of carbonyl (C=O) groups is 2. The first-order valence-corrected chi connectivity index (χ1v) is 8.37. The zero-order valence-electron chi connectivity index (χ0n) is 14.4. The van der Waals surface area contributed by atoms with E-state index in [2.05, 4.69) is 10.6 Å². The van der Waals surface area contributed by atoms with Crippen molar-refractivity contribution in [3.8, 4) is 0 Å². The normalized spacial score (nSPS) is 11.1. The molecule has 0 saturated carbocycles. The fourth-order valence-corrected chi connectivity index (χ4v) is 2.41. The molecule has 2 amide bonds. The van der Waals surface area contributed by atoms with E-state index in [1.54, 1.807) is 12.1 Å². The highest BCUT2D eigenvalue weighted by Gasteiger charge is 2.35. The van der Waals surface area contributed by atoms with Gasteiger partial charge in [0.2, 0.25) is 11.8 Å². The smallest absolute Gasteiger partial charge is 0.239 e. The summed E-state index contributed by atoms with van der Waals surface area (Å²) in [5.41, 5.74) is -0.352. The van der Waals surface area contributed by atoms with Gasteiger partial charge >= 0.3 is 0 Å². The number of nitrogens with one attached hydrogen (secondary N) is 2. The molecule has 2 rings (SSSR count). The summed E-state index contributed by atoms with van der Waals surface area (Å²) >= 11 is 5.91. The Kier molecular flexibility index (Phi) is 6.32. The van der Waals surface area contributed by atoms with E-state index in [4.69, 9.17) is 11.6 Å². The fourth-order valence-electron chi connectivity index (χ4n) is 2.20. The SMILES string of the molecule is CC(C)(C(=O)NCCc1cccc(Cl)c1)C(=O)Nc1ccc(F)c(F)c1. The van der Waals surface area contributed by atoms with E-state index < -0.39 is 28.9 Å². The summed E-state index contributed by atoms with van der Waals surface area (Å²) in [4.78, 5) is 24.7. The summed E-state index contributed by atoms with van der Waals surface area (Å²) in [6.07, 6.45) is 0.563. The van der Waals surface area contributed by atoms with E-state index in [1.165, 1.54) is 19.9 Å². The molecule has 26 heavy (non-hydrogen) atoms. The number of amides is 2. The molecule has 0 spiro atoms. The van der Waals surface area contributed by atoms with Gasteiger partial charge in [0.1, 0.15) is 5.41 Å². The second-order valence-corrected chi connectivity index (χ2v) is 6.78. The Morgan fingerprint density at radius 3 is 2.42 bits per heavy atom. The average molecular weight is 381 g/mol. The summed E-state index contributed by atoms with van der Waals surface area (Å²) in [5, 5.41) is 5.74. The van der Waals surface area contributed by atoms with Crippen LogP contribution in [0.4, 0.5) is 14.5 Å². The molecule has 0 heterocycles. The highest BCUT2D eigenvalue weighted by atomic mass is 35.5. The molecule has 2 N–H and O–H groups in total. The minimum Gasteiger partial charge on any atom is -0.355 e. The van der Waals surface area contributed by atoms with Gasteiger partial charge in [-0.2, -0.15) is 0 Å². The Bertz CT molecular complexity index is 825. The maximum absolute atomic E-state index is 13.2. The predicted molar refractivity (Wildman–Crippen MR) is 96.9 cm³/mol. The summed E-state index contributed by atoms with van der Waals surface area (Å²) < 4.78 is 26.2. The minimum atomic E-state index is -1.39. The molecule has 0 aromatic heterocycles. The maximum atomic E-state index is 13.2. The first-order chi connectivity index (χ1) is 12.2. The molecule has 0 aliphatic carbocycles. The van der Waals surface area contributed by atoms with Crippen LogP contribution in [0, 0.1) is 17.0 Å². The molecule has 4 nitrogen and oxygen atoms in total. The first-order valence-electron chi connectivity index (χ1n) is 7.99. The van der Waals surface area contributed by atoms with Crippen molar-refractivity contribution in [3.63, 3.8) is 0 Å². The van der Waals surface area contributed by atoms with Crippen molar-refractivity contribution in [1.29, 1.82) is 0 Å². The van der Waals surface area contributed by atoms with Crippen LogP contribution < -0.4 is 10.6 Å². The lowest BCUT2D eigenvalue weighted by Crippen LogP contribution is -2.45. The predicted octanol–water partition coefficient (Wildman–Crippen LogP) is 3.94. The second-order valence-electron chi connectivity index (χ2n) is 6.34. The topological polar surface area (TPSA) is 58.2 Å². The van der Waals surface area contributed by atoms with E-state index in [9.17, 15) is 18.4 Å². The Labute approximate surface area is 155 Å². The van der Waals surface area contributed by atoms with Gasteiger partial charge in [-0.15, -0.1) is 0 Å². The lowest BCUT2D eigenvalue weighted by molar-refractivity contribution is -0.138. The Morgan fingerprint density at radius 1 is 1.04 bits per heavy atom. The van der Waals surface area contributed by atoms with E-state index in [1.807, 2.05) is 12.1 Å². The highest BCUT2D eigenvalue weighted by molar-refractivity contribution is 6.30. The third kappa shape index (κ3) is 5.02. The van der Waals surface area contributed by atoms with Crippen molar-refractivity contribution in [2.45, 2.75) is 20.3 Å². The summed E-state index contributed by atoms with van der Waals surface area (Å²) in [5.74, 6) is -3.18. The van der Waals surface area contributed by atoms with Gasteiger partial charge in [0.05, 0.1) is 0 Å². The number of anilines is 1. The van der Waals surface area contributed by atoms with Crippen LogP contribution in [0.3, 0.4) is 0 Å². The summed E-state index contributed by atoms with van der Waals surface area (Å²) in [7, 11) is 0. The monoisotopic (exact) mass is 380 g/mol. The van der Waals surface area contributed by atoms with Gasteiger partial charge in [0.15, 0.2) is 11.6 Å². The molecule has 0 atom stereocenters. The second kappa shape index (κ2) is 8.27. The molecule has 138 valence electrons. The van der Waals surface area contributed by atoms with E-state index in [-0.39, 0.29) is 5.69 Å². The van der Waals surface area contributed by atoms with Gasteiger partial charge < -0.3 is 10.6 Å². The molecule has 0 fully saturated rings. The number of rotatable bonds is 6. The largest absolute Gasteiger partial charge is 0.355 e. The van der Waals surface area contributed by atoms with Crippen LogP contribution in [0.2, 0.25) is 5.02 Å². The van der Waals surface area contributed by atoms with Gasteiger partial charge in [-0.3, -0.25) is 9.59 Å². The summed E-state index contributed by atoms with van der Waals surface area (Å²) in [6, 6.07) is 10.3. The molecule has 0 saturated heterocycles. The molecule has 0 aliphatic rings. The van der Waals surface area contributed by atoms with Crippen LogP contribution in [0.5, 0.6) is 0 Å². The van der Waals surface area contributed by atoms with E-state index in [0.717, 1.165) is 17.7 Å². The van der Waals surface area contributed by atoms with Crippen molar-refractivity contribution in [2.24, 2.45) is 5.41 Å². The van der Waals surface area contributed by atoms with E-state index >= 15 is 0 Å². The molecule has 2 aromatic rings. The molecule has 0 unspecified atom stereocenters. The van der Waals surface area contributed by atoms with Gasteiger partial charge in [-0.05, 0) is 50.1 Å². The zero-order valence-corrected chi connectivity index (χ0v) is 15.2. The molecular weight excluding hydrogens is 362 g/mol. The number of halogens is 3. The van der Waals surface area contributed by atoms with Crippen LogP contribution in [-0.4, -0.2) is 18.4 Å². The lowest BCUT2D eigenvalue weighted by Gasteiger charge is -2.22. The quantitative estimate of drug-likeness (QED) is 0.746. The van der Waals surface area contributed by atoms with E-state index in [0.29, 0.717) is 18.0 Å². The van der Waals surface area contributed by atoms with Crippen molar-refractivity contribution in [1.82, 2.24) is 5.32 Å². The van der Waals surface area contributed by atoms with Crippen LogP contribution >= 0.6 is 11.6 Å². The minimum absolute atomic E-state index is 0.0775. The maximum Gasteiger partial charge on any atom is 0.239 e. The lowest BCUT2D eigenvalue weighted by atomic mass is 9.91.